The SMILES string of the molecule is CC1=C(C(=O)OCC(C)C)C(c2cccnc2)C(C(=O)OCC(C)C)=C(C)N1. The van der Waals surface area contributed by atoms with Crippen LogP contribution in [0, 0.1) is 11.8 Å². The number of rotatable bonds is 7. The van der Waals surface area contributed by atoms with E-state index in [4.69, 9.17) is 9.47 Å². The van der Waals surface area contributed by atoms with Crippen LogP contribution in [-0.4, -0.2) is 30.1 Å². The molecule has 0 spiro atoms. The monoisotopic (exact) mass is 386 g/mol. The van der Waals surface area contributed by atoms with Gasteiger partial charge in [-0.2, -0.15) is 0 Å². The predicted octanol–water partition coefficient (Wildman–Crippen LogP) is 3.71. The second-order valence-electron chi connectivity index (χ2n) is 7.91. The molecule has 152 valence electrons. The van der Waals surface area contributed by atoms with E-state index in [-0.39, 0.29) is 11.8 Å². The first-order valence-corrected chi connectivity index (χ1v) is 9.65. The molecule has 0 bridgehead atoms. The van der Waals surface area contributed by atoms with Crippen LogP contribution in [-0.2, 0) is 19.1 Å². The molecule has 2 rings (SSSR count). The molecule has 0 atom stereocenters. The van der Waals surface area contributed by atoms with Crippen LogP contribution >= 0.6 is 0 Å². The van der Waals surface area contributed by atoms with Crippen LogP contribution in [0.3, 0.4) is 0 Å². The summed E-state index contributed by atoms with van der Waals surface area (Å²) in [6.45, 7) is 12.2. The minimum Gasteiger partial charge on any atom is -0.462 e. The highest BCUT2D eigenvalue weighted by molar-refractivity contribution is 5.99. The fraction of sp³-hybridized carbons (Fsp3) is 0.500. The molecule has 1 aliphatic rings. The molecule has 0 unspecified atom stereocenters. The molecular formula is C22H30N2O4. The number of carbonyl (C=O) groups excluding carboxylic acids is 2. The van der Waals surface area contributed by atoms with Gasteiger partial charge in [0.2, 0.25) is 0 Å². The topological polar surface area (TPSA) is 77.5 Å². The molecule has 0 saturated carbocycles. The molecule has 6 heteroatoms. The molecular weight excluding hydrogens is 356 g/mol. The van der Waals surface area contributed by atoms with Crippen molar-refractivity contribution in [2.24, 2.45) is 11.8 Å². The number of aromatic nitrogens is 1. The molecule has 1 aromatic rings. The Morgan fingerprint density at radius 2 is 1.50 bits per heavy atom. The van der Waals surface area contributed by atoms with Gasteiger partial charge in [-0.15, -0.1) is 0 Å². The van der Waals surface area contributed by atoms with Gasteiger partial charge in [0, 0.05) is 23.8 Å². The van der Waals surface area contributed by atoms with Crippen molar-refractivity contribution >= 4 is 11.9 Å². The normalized spacial score (nSPS) is 15.1. The van der Waals surface area contributed by atoms with E-state index >= 15 is 0 Å². The molecule has 0 fully saturated rings. The molecule has 0 saturated heterocycles. The first-order chi connectivity index (χ1) is 13.2. The highest BCUT2D eigenvalue weighted by Gasteiger charge is 2.38. The van der Waals surface area contributed by atoms with E-state index < -0.39 is 17.9 Å². The van der Waals surface area contributed by atoms with Crippen molar-refractivity contribution in [3.63, 3.8) is 0 Å². The maximum atomic E-state index is 12.9. The maximum absolute atomic E-state index is 12.9. The lowest BCUT2D eigenvalue weighted by Gasteiger charge is -2.30. The summed E-state index contributed by atoms with van der Waals surface area (Å²) in [6, 6.07) is 3.64. The Labute approximate surface area is 167 Å². The summed E-state index contributed by atoms with van der Waals surface area (Å²) < 4.78 is 11.0. The van der Waals surface area contributed by atoms with Gasteiger partial charge < -0.3 is 14.8 Å². The van der Waals surface area contributed by atoms with Gasteiger partial charge in [-0.25, -0.2) is 9.59 Å². The third-order valence-corrected chi connectivity index (χ3v) is 4.31. The van der Waals surface area contributed by atoms with Crippen molar-refractivity contribution in [1.82, 2.24) is 10.3 Å². The third kappa shape index (κ3) is 5.21. The lowest BCUT2D eigenvalue weighted by molar-refractivity contribution is -0.141. The smallest absolute Gasteiger partial charge is 0.336 e. The molecule has 6 nitrogen and oxygen atoms in total. The summed E-state index contributed by atoms with van der Waals surface area (Å²) in [4.78, 5) is 30.0. The zero-order valence-corrected chi connectivity index (χ0v) is 17.5. The van der Waals surface area contributed by atoms with E-state index in [0.29, 0.717) is 35.8 Å². The minimum atomic E-state index is -0.589. The third-order valence-electron chi connectivity index (χ3n) is 4.31. The highest BCUT2D eigenvalue weighted by Crippen LogP contribution is 2.39. The number of carbonyl (C=O) groups is 2. The van der Waals surface area contributed by atoms with Crippen molar-refractivity contribution in [3.8, 4) is 0 Å². The van der Waals surface area contributed by atoms with Crippen molar-refractivity contribution in [2.75, 3.05) is 13.2 Å². The molecule has 0 aliphatic carbocycles. The van der Waals surface area contributed by atoms with E-state index in [9.17, 15) is 9.59 Å². The zero-order valence-electron chi connectivity index (χ0n) is 17.5. The Balaban J connectivity index is 2.47. The van der Waals surface area contributed by atoms with Gasteiger partial charge in [0.25, 0.3) is 0 Å². The number of nitrogens with zero attached hydrogens (tertiary/aromatic N) is 1. The van der Waals surface area contributed by atoms with Crippen molar-refractivity contribution in [1.29, 1.82) is 0 Å². The summed E-state index contributed by atoms with van der Waals surface area (Å²) in [5.74, 6) is -1.03. The number of hydrogen-bond acceptors (Lipinski definition) is 6. The standard InChI is InChI=1S/C22H30N2O4/c1-13(2)11-27-21(25)18-15(5)24-16(6)19(22(26)28-12-14(3)4)20(18)17-8-7-9-23-10-17/h7-10,13-14,20,24H,11-12H2,1-6H3. The quantitative estimate of drug-likeness (QED) is 0.720. The number of nitrogens with one attached hydrogen (secondary N) is 1. The molecule has 0 aromatic carbocycles. The van der Waals surface area contributed by atoms with Crippen LogP contribution in [0.25, 0.3) is 0 Å². The number of ether oxygens (including phenoxy) is 2. The average molecular weight is 386 g/mol. The lowest BCUT2D eigenvalue weighted by atomic mass is 9.81. The van der Waals surface area contributed by atoms with E-state index in [0.717, 1.165) is 5.56 Å². The Kier molecular flexibility index (Phi) is 7.38. The van der Waals surface area contributed by atoms with E-state index in [1.165, 1.54) is 0 Å². The number of esters is 2. The number of allylic oxidation sites excluding steroid dienone is 2. The summed E-state index contributed by atoms with van der Waals surface area (Å²) in [7, 11) is 0. The van der Waals surface area contributed by atoms with Crippen molar-refractivity contribution < 1.29 is 19.1 Å². The summed E-state index contributed by atoms with van der Waals surface area (Å²) in [5, 5.41) is 3.15. The molecule has 2 heterocycles. The molecule has 1 aliphatic heterocycles. The van der Waals surface area contributed by atoms with Crippen LogP contribution in [0.4, 0.5) is 0 Å². The fourth-order valence-electron chi connectivity index (χ4n) is 3.06. The Morgan fingerprint density at radius 3 is 1.89 bits per heavy atom. The summed E-state index contributed by atoms with van der Waals surface area (Å²) in [5.41, 5.74) is 2.91. The molecule has 1 N–H and O–H groups in total. The minimum absolute atomic E-state index is 0.214. The van der Waals surface area contributed by atoms with E-state index in [1.54, 1.807) is 18.5 Å². The summed E-state index contributed by atoms with van der Waals surface area (Å²) in [6.07, 6.45) is 3.33. The largest absolute Gasteiger partial charge is 0.462 e. The first-order valence-electron chi connectivity index (χ1n) is 9.65. The fourth-order valence-corrected chi connectivity index (χ4v) is 3.06. The number of hydrogen-bond donors (Lipinski definition) is 1. The lowest BCUT2D eigenvalue weighted by Crippen LogP contribution is -2.33. The van der Waals surface area contributed by atoms with Crippen LogP contribution in [0.5, 0.6) is 0 Å². The number of dihydropyridines is 1. The highest BCUT2D eigenvalue weighted by atomic mass is 16.5. The predicted molar refractivity (Wildman–Crippen MR) is 107 cm³/mol. The number of pyridine rings is 1. The average Bonchev–Trinajstić information content (AvgIpc) is 2.64. The second-order valence-corrected chi connectivity index (χ2v) is 7.91. The van der Waals surface area contributed by atoms with Crippen LogP contribution in [0.1, 0.15) is 53.0 Å². The van der Waals surface area contributed by atoms with Crippen LogP contribution < -0.4 is 5.32 Å². The van der Waals surface area contributed by atoms with Gasteiger partial charge in [-0.3, -0.25) is 4.98 Å². The van der Waals surface area contributed by atoms with Gasteiger partial charge in [-0.1, -0.05) is 33.8 Å². The molecule has 28 heavy (non-hydrogen) atoms. The Bertz CT molecular complexity index is 733. The Morgan fingerprint density at radius 1 is 1.00 bits per heavy atom. The van der Waals surface area contributed by atoms with E-state index in [1.807, 2.05) is 47.6 Å². The first kappa shape index (κ1) is 21.7. The second kappa shape index (κ2) is 9.53. The van der Waals surface area contributed by atoms with Gasteiger partial charge in [0.05, 0.1) is 30.3 Å². The Hall–Kier alpha value is -2.63. The molecule has 1 aromatic heterocycles. The van der Waals surface area contributed by atoms with Gasteiger partial charge in [0.15, 0.2) is 0 Å². The van der Waals surface area contributed by atoms with Gasteiger partial charge in [0.1, 0.15) is 0 Å². The molecule has 0 amide bonds. The summed E-state index contributed by atoms with van der Waals surface area (Å²) >= 11 is 0. The zero-order chi connectivity index (χ0) is 20.8. The van der Waals surface area contributed by atoms with Gasteiger partial charge in [-0.05, 0) is 37.3 Å². The maximum Gasteiger partial charge on any atom is 0.336 e. The van der Waals surface area contributed by atoms with E-state index in [2.05, 4.69) is 10.3 Å². The van der Waals surface area contributed by atoms with Crippen LogP contribution in [0.2, 0.25) is 0 Å². The van der Waals surface area contributed by atoms with Crippen molar-refractivity contribution in [3.05, 3.63) is 52.6 Å². The van der Waals surface area contributed by atoms with Gasteiger partial charge >= 0.3 is 11.9 Å². The van der Waals surface area contributed by atoms with Crippen LogP contribution in [0.15, 0.2) is 47.1 Å². The van der Waals surface area contributed by atoms with Crippen molar-refractivity contribution in [2.45, 2.75) is 47.5 Å². The molecule has 0 radical (unpaired) electrons.